The Hall–Kier alpha value is -3.74. The van der Waals surface area contributed by atoms with Crippen LogP contribution in [-0.2, 0) is 29.0 Å². The van der Waals surface area contributed by atoms with Crippen LogP contribution in [0.1, 0.15) is 86.0 Å². The number of Topliss-reactive ketones (excluding diaryl/α,β-unsaturated/α-hetero) is 1. The van der Waals surface area contributed by atoms with Crippen molar-refractivity contribution in [1.29, 1.82) is 0 Å². The Bertz CT molecular complexity index is 1630. The molecule has 0 spiro atoms. The van der Waals surface area contributed by atoms with E-state index in [1.54, 1.807) is 30.3 Å². The SMILES string of the molecule is C=CCNC(=O)C(=O)C(CC1CC1)NC(=O)[C@@H]1C2[C@H](CN1C(=O)[C@@H](NC(=O)NC1(CS(=O)(=O)c3ccccc3)CCCCC1)C(C)(C)C)C2(C)C. The van der Waals surface area contributed by atoms with E-state index in [9.17, 15) is 32.4 Å². The average molecular weight is 726 g/mol. The first-order chi connectivity index (χ1) is 23.9. The van der Waals surface area contributed by atoms with E-state index in [-0.39, 0.29) is 40.4 Å². The molecule has 0 bridgehead atoms. The number of hydrogen-bond donors (Lipinski definition) is 4. The van der Waals surface area contributed by atoms with Crippen LogP contribution >= 0.6 is 0 Å². The molecule has 1 saturated heterocycles. The maximum absolute atomic E-state index is 14.5. The van der Waals surface area contributed by atoms with E-state index in [1.165, 1.54) is 11.0 Å². The first-order valence-electron chi connectivity index (χ1n) is 18.3. The van der Waals surface area contributed by atoms with Crippen LogP contribution < -0.4 is 21.3 Å². The summed E-state index contributed by atoms with van der Waals surface area (Å²) in [6, 6.07) is 4.60. The van der Waals surface area contributed by atoms with Crippen molar-refractivity contribution in [3.05, 3.63) is 43.0 Å². The Balaban J connectivity index is 1.34. The second kappa shape index (κ2) is 14.7. The molecule has 280 valence electrons. The quantitative estimate of drug-likeness (QED) is 0.168. The van der Waals surface area contributed by atoms with Crippen LogP contribution in [0, 0.1) is 28.6 Å². The van der Waals surface area contributed by atoms with Gasteiger partial charge in [0.15, 0.2) is 9.84 Å². The summed E-state index contributed by atoms with van der Waals surface area (Å²) in [4.78, 5) is 70.0. The molecule has 3 aliphatic carbocycles. The summed E-state index contributed by atoms with van der Waals surface area (Å²) in [5.74, 6) is -2.56. The smallest absolute Gasteiger partial charge is 0.315 e. The molecule has 0 radical (unpaired) electrons. The highest BCUT2D eigenvalue weighted by Crippen LogP contribution is 2.65. The number of fused-ring (bicyclic) bond motifs is 1. The monoisotopic (exact) mass is 725 g/mol. The fourth-order valence-electron chi connectivity index (χ4n) is 8.23. The number of ketones is 1. The Kier molecular flexibility index (Phi) is 11.1. The molecule has 51 heavy (non-hydrogen) atoms. The third-order valence-corrected chi connectivity index (χ3v) is 13.4. The predicted molar refractivity (Wildman–Crippen MR) is 193 cm³/mol. The number of nitrogens with one attached hydrogen (secondary N) is 4. The highest BCUT2D eigenvalue weighted by atomic mass is 32.2. The van der Waals surface area contributed by atoms with Gasteiger partial charge in [-0.2, -0.15) is 0 Å². The van der Waals surface area contributed by atoms with Gasteiger partial charge in [0.2, 0.25) is 17.6 Å². The lowest BCUT2D eigenvalue weighted by molar-refractivity contribution is -0.145. The molecule has 4 aliphatic rings. The Labute approximate surface area is 302 Å². The van der Waals surface area contributed by atoms with Crippen molar-refractivity contribution < 1.29 is 32.4 Å². The van der Waals surface area contributed by atoms with Crippen molar-refractivity contribution in [2.45, 2.75) is 115 Å². The molecule has 12 nitrogen and oxygen atoms in total. The minimum atomic E-state index is -3.73. The van der Waals surface area contributed by atoms with Crippen LogP contribution in [0.25, 0.3) is 0 Å². The zero-order valence-corrected chi connectivity index (χ0v) is 31.4. The van der Waals surface area contributed by atoms with E-state index in [4.69, 9.17) is 0 Å². The van der Waals surface area contributed by atoms with Gasteiger partial charge in [0.05, 0.1) is 22.2 Å². The molecular formula is C38H55N5O7S. The van der Waals surface area contributed by atoms with Crippen molar-refractivity contribution >= 4 is 39.4 Å². The first kappa shape index (κ1) is 38.5. The number of piperidine rings is 1. The van der Waals surface area contributed by atoms with Gasteiger partial charge in [0.25, 0.3) is 5.91 Å². The van der Waals surface area contributed by atoms with Crippen LogP contribution in [0.15, 0.2) is 47.9 Å². The Morgan fingerprint density at radius 1 is 1.00 bits per heavy atom. The van der Waals surface area contributed by atoms with Crippen LogP contribution in [0.5, 0.6) is 0 Å². The summed E-state index contributed by atoms with van der Waals surface area (Å²) in [6.07, 6.45) is 7.07. The summed E-state index contributed by atoms with van der Waals surface area (Å²) in [7, 11) is -3.73. The van der Waals surface area contributed by atoms with Gasteiger partial charge in [-0.05, 0) is 60.0 Å². The van der Waals surface area contributed by atoms with E-state index in [1.807, 2.05) is 20.8 Å². The minimum absolute atomic E-state index is 0.0498. The number of hydrogen-bond acceptors (Lipinski definition) is 7. The van der Waals surface area contributed by atoms with Crippen LogP contribution in [0.2, 0.25) is 0 Å². The number of rotatable bonds is 14. The van der Waals surface area contributed by atoms with Gasteiger partial charge in [-0.25, -0.2) is 13.2 Å². The van der Waals surface area contributed by atoms with Gasteiger partial charge in [-0.15, -0.1) is 6.58 Å². The summed E-state index contributed by atoms with van der Waals surface area (Å²) < 4.78 is 27.0. The maximum atomic E-state index is 14.5. The molecule has 5 atom stereocenters. The molecule has 1 aromatic rings. The summed E-state index contributed by atoms with van der Waals surface area (Å²) in [5.41, 5.74) is -2.00. The molecule has 5 amide bonds. The predicted octanol–water partition coefficient (Wildman–Crippen LogP) is 3.52. The van der Waals surface area contributed by atoms with Gasteiger partial charge in [0.1, 0.15) is 12.1 Å². The lowest BCUT2D eigenvalue weighted by Gasteiger charge is -2.40. The Morgan fingerprint density at radius 3 is 2.24 bits per heavy atom. The number of urea groups is 1. The zero-order valence-electron chi connectivity index (χ0n) is 30.6. The summed E-state index contributed by atoms with van der Waals surface area (Å²) in [5, 5.41) is 11.2. The van der Waals surface area contributed by atoms with E-state index in [2.05, 4.69) is 41.7 Å². The molecule has 0 aromatic heterocycles. The number of sulfone groups is 1. The normalized spacial score (nSPS) is 24.6. The second-order valence-corrected chi connectivity index (χ2v) is 18.8. The number of amides is 5. The fraction of sp³-hybridized carbons (Fsp3) is 0.658. The average Bonchev–Trinajstić information content (AvgIpc) is 3.92. The topological polar surface area (TPSA) is 171 Å². The highest BCUT2D eigenvalue weighted by molar-refractivity contribution is 7.91. The van der Waals surface area contributed by atoms with Crippen LogP contribution in [-0.4, -0.2) is 85.4 Å². The van der Waals surface area contributed by atoms with Crippen LogP contribution in [0.4, 0.5) is 4.79 Å². The molecule has 13 heteroatoms. The largest absolute Gasteiger partial charge is 0.346 e. The molecule has 1 aliphatic heterocycles. The molecule has 1 aromatic carbocycles. The lowest BCUT2D eigenvalue weighted by Crippen LogP contribution is -2.63. The molecule has 1 heterocycles. The van der Waals surface area contributed by atoms with Crippen molar-refractivity contribution in [3.8, 4) is 0 Å². The molecule has 5 rings (SSSR count). The zero-order chi connectivity index (χ0) is 37.4. The van der Waals surface area contributed by atoms with Crippen molar-refractivity contribution in [3.63, 3.8) is 0 Å². The third kappa shape index (κ3) is 8.67. The number of benzene rings is 1. The number of likely N-dealkylation sites (tertiary alicyclic amines) is 1. The first-order valence-corrected chi connectivity index (χ1v) is 20.0. The van der Waals surface area contributed by atoms with E-state index in [0.29, 0.717) is 25.8 Å². The Morgan fingerprint density at radius 2 is 1.65 bits per heavy atom. The third-order valence-electron chi connectivity index (χ3n) is 11.4. The van der Waals surface area contributed by atoms with Crippen molar-refractivity contribution in [1.82, 2.24) is 26.2 Å². The van der Waals surface area contributed by atoms with Crippen molar-refractivity contribution in [2.75, 3.05) is 18.8 Å². The molecule has 4 N–H and O–H groups in total. The summed E-state index contributed by atoms with van der Waals surface area (Å²) >= 11 is 0. The van der Waals surface area contributed by atoms with Crippen LogP contribution in [0.3, 0.4) is 0 Å². The number of nitrogens with zero attached hydrogens (tertiary/aromatic N) is 1. The van der Waals surface area contributed by atoms with E-state index in [0.717, 1.165) is 32.1 Å². The lowest BCUT2D eigenvalue weighted by atomic mass is 9.83. The number of carbonyl (C=O) groups is 5. The second-order valence-electron chi connectivity index (χ2n) is 16.8. The van der Waals surface area contributed by atoms with Crippen molar-refractivity contribution in [2.24, 2.45) is 28.6 Å². The highest BCUT2D eigenvalue weighted by Gasteiger charge is 2.70. The molecule has 4 fully saturated rings. The number of carbonyl (C=O) groups excluding carboxylic acids is 5. The maximum Gasteiger partial charge on any atom is 0.315 e. The molecule has 3 saturated carbocycles. The van der Waals surface area contributed by atoms with E-state index >= 15 is 0 Å². The van der Waals surface area contributed by atoms with Gasteiger partial charge >= 0.3 is 6.03 Å². The summed E-state index contributed by atoms with van der Waals surface area (Å²) in [6.45, 7) is 13.6. The molecular weight excluding hydrogens is 671 g/mol. The van der Waals surface area contributed by atoms with E-state index < -0.39 is 68.5 Å². The molecule has 2 unspecified atom stereocenters. The van der Waals surface area contributed by atoms with Gasteiger partial charge < -0.3 is 26.2 Å². The van der Waals surface area contributed by atoms with Gasteiger partial charge in [-0.3, -0.25) is 19.2 Å². The van der Waals surface area contributed by atoms with Gasteiger partial charge in [0, 0.05) is 13.1 Å². The van der Waals surface area contributed by atoms with Gasteiger partial charge in [-0.1, -0.05) is 91.0 Å². The standard InChI is InChI=1S/C38H55N5O7S/c1-7-20-39-33(46)30(44)27(21-24-16-17-24)40-32(45)29-28-26(37(28,5)6)22-43(29)34(47)31(36(2,3)4)41-35(48)42-38(18-12-9-13-19-38)23-51(49,50)25-14-10-8-11-15-25/h7-8,10-11,14-15,24,26-29,31H,1,9,12-13,16-23H2,2-6H3,(H,39,46)(H,40,45)(H2,41,42,48)/t26-,27?,28?,29-,31+/m0/s1. The minimum Gasteiger partial charge on any atom is -0.346 e. The fourth-order valence-corrected chi connectivity index (χ4v) is 10.1.